The Kier molecular flexibility index (Phi) is 7.04. The molecule has 0 bridgehead atoms. The van der Waals surface area contributed by atoms with Crippen LogP contribution in [0, 0.1) is 0 Å². The van der Waals surface area contributed by atoms with Crippen molar-refractivity contribution in [2.75, 3.05) is 6.54 Å². The largest absolute Gasteiger partial charge is 0.435 e. The molecule has 0 aliphatic carbocycles. The number of ether oxygens (including phenoxy) is 1. The second-order valence-corrected chi connectivity index (χ2v) is 5.41. The maximum absolute atomic E-state index is 12.3. The Morgan fingerprint density at radius 2 is 1.62 bits per heavy atom. The summed E-state index contributed by atoms with van der Waals surface area (Å²) in [6.45, 7) is -2.60. The zero-order valence-corrected chi connectivity index (χ0v) is 13.8. The average molecular weight is 363 g/mol. The van der Waals surface area contributed by atoms with Crippen LogP contribution in [0.15, 0.2) is 54.6 Å². The number of nitrogens with two attached hydrogens (primary N) is 1. The first-order chi connectivity index (χ1) is 12.5. The van der Waals surface area contributed by atoms with Crippen LogP contribution < -0.4 is 21.1 Å². The van der Waals surface area contributed by atoms with Gasteiger partial charge < -0.3 is 15.8 Å². The standard InChI is InChI=1S/C18H19F2N3O3/c19-17(20)26-14-8-6-13(7-9-14)16(12-4-2-1-3-5-12)22-11-10-15(24)23-18(21)25/h1-9,16-17,22H,10-11H2,(H3,21,23,24,25). The van der Waals surface area contributed by atoms with E-state index in [4.69, 9.17) is 5.73 Å². The summed E-state index contributed by atoms with van der Waals surface area (Å²) in [7, 11) is 0. The van der Waals surface area contributed by atoms with Crippen LogP contribution in [0.5, 0.6) is 5.75 Å². The van der Waals surface area contributed by atoms with Crippen molar-refractivity contribution in [1.82, 2.24) is 10.6 Å². The van der Waals surface area contributed by atoms with Crippen molar-refractivity contribution in [2.24, 2.45) is 5.73 Å². The molecule has 26 heavy (non-hydrogen) atoms. The van der Waals surface area contributed by atoms with Crippen LogP contribution in [0.4, 0.5) is 13.6 Å². The van der Waals surface area contributed by atoms with Gasteiger partial charge in [0.15, 0.2) is 0 Å². The van der Waals surface area contributed by atoms with E-state index in [1.165, 1.54) is 12.1 Å². The van der Waals surface area contributed by atoms with Crippen molar-refractivity contribution in [3.05, 3.63) is 65.7 Å². The molecule has 0 radical (unpaired) electrons. The lowest BCUT2D eigenvalue weighted by Crippen LogP contribution is -2.37. The molecule has 1 unspecified atom stereocenters. The number of benzene rings is 2. The summed E-state index contributed by atoms with van der Waals surface area (Å²) in [5.41, 5.74) is 6.65. The molecule has 1 atom stereocenters. The van der Waals surface area contributed by atoms with Gasteiger partial charge in [0.25, 0.3) is 0 Å². The number of hydrogen-bond acceptors (Lipinski definition) is 4. The molecule has 0 saturated heterocycles. The molecule has 4 N–H and O–H groups in total. The van der Waals surface area contributed by atoms with Crippen LogP contribution in [0.3, 0.4) is 0 Å². The zero-order chi connectivity index (χ0) is 18.9. The van der Waals surface area contributed by atoms with Crippen molar-refractivity contribution in [1.29, 1.82) is 0 Å². The molecule has 0 fully saturated rings. The number of halogens is 2. The highest BCUT2D eigenvalue weighted by molar-refractivity contribution is 5.93. The van der Waals surface area contributed by atoms with Crippen LogP contribution in [0.2, 0.25) is 0 Å². The van der Waals surface area contributed by atoms with Gasteiger partial charge in [-0.2, -0.15) is 8.78 Å². The number of urea groups is 1. The Balaban J connectivity index is 2.09. The van der Waals surface area contributed by atoms with Gasteiger partial charge in [-0.05, 0) is 23.3 Å². The first kappa shape index (κ1) is 19.3. The highest BCUT2D eigenvalue weighted by Gasteiger charge is 2.15. The van der Waals surface area contributed by atoms with Crippen LogP contribution >= 0.6 is 0 Å². The van der Waals surface area contributed by atoms with Gasteiger partial charge in [-0.1, -0.05) is 42.5 Å². The summed E-state index contributed by atoms with van der Waals surface area (Å²) in [6, 6.07) is 14.5. The third-order valence-corrected chi connectivity index (χ3v) is 3.53. The van der Waals surface area contributed by atoms with E-state index in [-0.39, 0.29) is 24.8 Å². The van der Waals surface area contributed by atoms with E-state index in [2.05, 4.69) is 10.1 Å². The van der Waals surface area contributed by atoms with Gasteiger partial charge in [-0.3, -0.25) is 10.1 Å². The van der Waals surface area contributed by atoms with Gasteiger partial charge in [0.05, 0.1) is 6.04 Å². The van der Waals surface area contributed by atoms with Gasteiger partial charge in [0.1, 0.15) is 5.75 Å². The quantitative estimate of drug-likeness (QED) is 0.672. The first-order valence-electron chi connectivity index (χ1n) is 7.88. The molecule has 8 heteroatoms. The van der Waals surface area contributed by atoms with Crippen molar-refractivity contribution in [2.45, 2.75) is 19.1 Å². The minimum atomic E-state index is -2.88. The minimum absolute atomic E-state index is 0.0544. The molecule has 0 aromatic heterocycles. The first-order valence-corrected chi connectivity index (χ1v) is 7.88. The average Bonchev–Trinajstić information content (AvgIpc) is 2.59. The molecule has 0 aliphatic heterocycles. The molecule has 0 spiro atoms. The second-order valence-electron chi connectivity index (χ2n) is 5.41. The molecule has 2 aromatic rings. The maximum atomic E-state index is 12.3. The van der Waals surface area contributed by atoms with Gasteiger partial charge in [-0.15, -0.1) is 0 Å². The van der Waals surface area contributed by atoms with E-state index in [0.717, 1.165) is 11.1 Å². The van der Waals surface area contributed by atoms with Gasteiger partial charge in [0.2, 0.25) is 5.91 Å². The van der Waals surface area contributed by atoms with E-state index < -0.39 is 18.5 Å². The van der Waals surface area contributed by atoms with E-state index in [0.29, 0.717) is 0 Å². The van der Waals surface area contributed by atoms with Crippen LogP contribution in [-0.4, -0.2) is 25.1 Å². The smallest absolute Gasteiger partial charge is 0.387 e. The van der Waals surface area contributed by atoms with Gasteiger partial charge in [0, 0.05) is 13.0 Å². The summed E-state index contributed by atoms with van der Waals surface area (Å²) < 4.78 is 28.9. The van der Waals surface area contributed by atoms with Crippen molar-refractivity contribution in [3.8, 4) is 5.75 Å². The molecule has 0 saturated carbocycles. The van der Waals surface area contributed by atoms with Crippen LogP contribution in [-0.2, 0) is 4.79 Å². The topological polar surface area (TPSA) is 93.5 Å². The normalized spacial score (nSPS) is 11.8. The SMILES string of the molecule is NC(=O)NC(=O)CCNC(c1ccccc1)c1ccc(OC(F)F)cc1. The summed E-state index contributed by atoms with van der Waals surface area (Å²) in [4.78, 5) is 22.2. The monoisotopic (exact) mass is 363 g/mol. The molecular weight excluding hydrogens is 344 g/mol. The molecule has 6 nitrogen and oxygen atoms in total. The van der Waals surface area contributed by atoms with Crippen molar-refractivity contribution in [3.63, 3.8) is 0 Å². The van der Waals surface area contributed by atoms with Crippen molar-refractivity contribution < 1.29 is 23.1 Å². The Bertz CT molecular complexity index is 724. The number of alkyl halides is 2. The fourth-order valence-corrected chi connectivity index (χ4v) is 2.45. The minimum Gasteiger partial charge on any atom is -0.435 e. The molecule has 2 aromatic carbocycles. The molecule has 0 aliphatic rings. The lowest BCUT2D eigenvalue weighted by molar-refractivity contribution is -0.119. The maximum Gasteiger partial charge on any atom is 0.387 e. The molecule has 2 rings (SSSR count). The number of primary amides is 1. The summed E-state index contributed by atoms with van der Waals surface area (Å²) in [6.07, 6.45) is 0.0544. The van der Waals surface area contributed by atoms with Crippen LogP contribution in [0.25, 0.3) is 0 Å². The number of imide groups is 1. The lowest BCUT2D eigenvalue weighted by atomic mass is 9.98. The van der Waals surface area contributed by atoms with E-state index in [1.807, 2.05) is 35.6 Å². The molecule has 0 heterocycles. The Morgan fingerprint density at radius 1 is 1.00 bits per heavy atom. The zero-order valence-electron chi connectivity index (χ0n) is 13.8. The van der Waals surface area contributed by atoms with E-state index in [9.17, 15) is 18.4 Å². The predicted octanol–water partition coefficient (Wildman–Crippen LogP) is 2.55. The third-order valence-electron chi connectivity index (χ3n) is 3.53. The summed E-state index contributed by atoms with van der Waals surface area (Å²) >= 11 is 0. The predicted molar refractivity (Wildman–Crippen MR) is 91.7 cm³/mol. The highest BCUT2D eigenvalue weighted by Crippen LogP contribution is 2.24. The molecular formula is C18H19F2N3O3. The Labute approximate surface area is 149 Å². The summed E-state index contributed by atoms with van der Waals surface area (Å²) in [5, 5.41) is 5.21. The number of rotatable bonds is 8. The van der Waals surface area contributed by atoms with Crippen LogP contribution in [0.1, 0.15) is 23.6 Å². The number of nitrogens with one attached hydrogen (secondary N) is 2. The Hall–Kier alpha value is -3.00. The van der Waals surface area contributed by atoms with Gasteiger partial charge >= 0.3 is 12.6 Å². The summed E-state index contributed by atoms with van der Waals surface area (Å²) in [5.74, 6) is -0.422. The molecule has 3 amide bonds. The third kappa shape index (κ3) is 6.14. The number of carbonyl (C=O) groups is 2. The van der Waals surface area contributed by atoms with E-state index >= 15 is 0 Å². The fourth-order valence-electron chi connectivity index (χ4n) is 2.45. The number of carbonyl (C=O) groups excluding carboxylic acids is 2. The molecule has 138 valence electrons. The fraction of sp³-hybridized carbons (Fsp3) is 0.222. The van der Waals surface area contributed by atoms with Crippen molar-refractivity contribution >= 4 is 11.9 Å². The van der Waals surface area contributed by atoms with Gasteiger partial charge in [-0.25, -0.2) is 4.79 Å². The highest BCUT2D eigenvalue weighted by atomic mass is 19.3. The second kappa shape index (κ2) is 9.47. The van der Waals surface area contributed by atoms with E-state index in [1.54, 1.807) is 12.1 Å². The lowest BCUT2D eigenvalue weighted by Gasteiger charge is -2.20. The number of hydrogen-bond donors (Lipinski definition) is 3. The number of amides is 3. The Morgan fingerprint density at radius 3 is 2.19 bits per heavy atom.